The summed E-state index contributed by atoms with van der Waals surface area (Å²) in [4.78, 5) is 2.06. The van der Waals surface area contributed by atoms with E-state index in [1.165, 1.54) is 27.8 Å². The molecule has 9 heteroatoms. The lowest BCUT2D eigenvalue weighted by Gasteiger charge is -2.35. The zero-order valence-electron chi connectivity index (χ0n) is 18.4. The number of nitrogens with zero attached hydrogens (tertiary/aromatic N) is 2. The van der Waals surface area contributed by atoms with Crippen LogP contribution in [-0.4, -0.2) is 40.5 Å². The van der Waals surface area contributed by atoms with E-state index in [-0.39, 0.29) is 18.2 Å². The molecule has 0 amide bonds. The Morgan fingerprint density at radius 2 is 1.69 bits per heavy atom. The van der Waals surface area contributed by atoms with Gasteiger partial charge in [-0.3, -0.25) is 0 Å². The minimum atomic E-state index is -4.94. The summed E-state index contributed by atoms with van der Waals surface area (Å²) in [5.74, 6) is 0. The fraction of sp³-hybridized carbons (Fsp3) is 0.435. The molecule has 172 valence electrons. The second-order valence-corrected chi connectivity index (χ2v) is 9.64. The first-order valence-corrected chi connectivity index (χ1v) is 11.6. The van der Waals surface area contributed by atoms with Crippen LogP contribution < -0.4 is 23.5 Å². The molecule has 0 spiro atoms. The number of fused-ring (bicyclic) bond motifs is 5. The quantitative estimate of drug-likeness (QED) is 0.510. The molecular weight excluding hydrogens is 436 g/mol. The molecule has 4 atom stereocenters. The van der Waals surface area contributed by atoms with Crippen LogP contribution in [0.4, 0.5) is 5.69 Å². The number of anilines is 1. The van der Waals surface area contributed by atoms with Crippen molar-refractivity contribution in [3.63, 3.8) is 0 Å². The van der Waals surface area contributed by atoms with E-state index in [0.29, 0.717) is 6.61 Å². The van der Waals surface area contributed by atoms with Gasteiger partial charge in [0.25, 0.3) is 5.72 Å². The van der Waals surface area contributed by atoms with Crippen LogP contribution in [0, 0.1) is 31.0 Å². The molecule has 0 radical (unpaired) electrons. The zero-order valence-corrected chi connectivity index (χ0v) is 19.2. The van der Waals surface area contributed by atoms with Crippen molar-refractivity contribution in [3.8, 4) is 0 Å². The summed E-state index contributed by atoms with van der Waals surface area (Å²) < 4.78 is 42.6. The maximum Gasteiger partial charge on any atom is 0.250 e. The highest BCUT2D eigenvalue weighted by molar-refractivity contribution is 5.83. The van der Waals surface area contributed by atoms with E-state index in [4.69, 9.17) is 23.4 Å². The summed E-state index contributed by atoms with van der Waals surface area (Å²) in [7, 11) is -4.94. The second-order valence-electron chi connectivity index (χ2n) is 8.89. The molecule has 2 unspecified atom stereocenters. The third kappa shape index (κ3) is 4.15. The molecule has 1 fully saturated rings. The van der Waals surface area contributed by atoms with Crippen molar-refractivity contribution in [2.45, 2.75) is 58.0 Å². The van der Waals surface area contributed by atoms with Crippen LogP contribution in [0.3, 0.4) is 0 Å². The molecule has 1 N–H and O–H groups in total. The number of halogens is 1. The number of ether oxygens (including phenoxy) is 1. The molecule has 1 saturated heterocycles. The third-order valence-electron chi connectivity index (χ3n) is 6.54. The molecule has 2 aromatic carbocycles. The number of benzene rings is 2. The van der Waals surface area contributed by atoms with E-state index in [9.17, 15) is 5.11 Å². The van der Waals surface area contributed by atoms with Crippen molar-refractivity contribution in [1.29, 1.82) is 0 Å². The number of hydrogen-bond acceptors (Lipinski definition) is 7. The normalized spacial score (nSPS) is 28.3. The van der Waals surface area contributed by atoms with Crippen LogP contribution in [0.1, 0.15) is 40.8 Å². The molecule has 0 saturated carbocycles. The Hall–Kier alpha value is -2.04. The van der Waals surface area contributed by atoms with Gasteiger partial charge in [-0.05, 0) is 37.5 Å². The maximum absolute atomic E-state index is 11.6. The minimum absolute atomic E-state index is 0.0926. The molecule has 8 nitrogen and oxygen atoms in total. The SMILES string of the molecule is Cc1cc(C)c(N2C=[N+]3C(CO[C@H]4Cc5ccccc5[C@H]43)C2(C)O)c(C)c1.[O-][Cl+3]([O-])([O-])[O-]. The van der Waals surface area contributed by atoms with Crippen molar-refractivity contribution in [1.82, 2.24) is 0 Å². The number of aliphatic hydroxyl groups is 1. The summed E-state index contributed by atoms with van der Waals surface area (Å²) in [5, 5.41) is 11.6. The first-order chi connectivity index (χ1) is 14.9. The molecule has 0 bridgehead atoms. The highest BCUT2D eigenvalue weighted by Crippen LogP contribution is 2.44. The van der Waals surface area contributed by atoms with Crippen molar-refractivity contribution in [2.75, 3.05) is 11.5 Å². The number of rotatable bonds is 1. The van der Waals surface area contributed by atoms with Gasteiger partial charge < -0.3 is 9.84 Å². The molecule has 1 aliphatic carbocycles. The highest BCUT2D eigenvalue weighted by atomic mass is 35.7. The molecule has 32 heavy (non-hydrogen) atoms. The predicted octanol–water partition coefficient (Wildman–Crippen LogP) is -1.51. The molecule has 5 rings (SSSR count). The van der Waals surface area contributed by atoms with E-state index in [0.717, 1.165) is 12.1 Å². The van der Waals surface area contributed by atoms with Crippen LogP contribution in [-0.2, 0) is 11.2 Å². The van der Waals surface area contributed by atoms with Gasteiger partial charge in [-0.1, -0.05) is 42.0 Å². The van der Waals surface area contributed by atoms with E-state index < -0.39 is 16.0 Å². The summed E-state index contributed by atoms with van der Waals surface area (Å²) in [6.45, 7) is 8.82. The van der Waals surface area contributed by atoms with Crippen LogP contribution in [0.15, 0.2) is 36.4 Å². The fourth-order valence-electron chi connectivity index (χ4n) is 5.37. The van der Waals surface area contributed by atoms with Crippen molar-refractivity contribution in [3.05, 3.63) is 64.2 Å². The Labute approximate surface area is 189 Å². The minimum Gasteiger partial charge on any atom is -0.368 e. The third-order valence-corrected chi connectivity index (χ3v) is 6.54. The number of morpholine rings is 1. The van der Waals surface area contributed by atoms with Gasteiger partial charge in [-0.25, -0.2) is 23.2 Å². The fourth-order valence-corrected chi connectivity index (χ4v) is 5.37. The summed E-state index contributed by atoms with van der Waals surface area (Å²) in [6.07, 6.45) is 3.24. The predicted molar refractivity (Wildman–Crippen MR) is 106 cm³/mol. The first kappa shape index (κ1) is 23.1. The van der Waals surface area contributed by atoms with Crippen molar-refractivity contribution in [2.24, 2.45) is 0 Å². The molecule has 2 aromatic rings. The van der Waals surface area contributed by atoms with Gasteiger partial charge in [0, 0.05) is 18.9 Å². The second kappa shape index (κ2) is 8.07. The molecular formula is C23H27ClN2O6. The van der Waals surface area contributed by atoms with Gasteiger partial charge in [-0.2, -0.15) is 4.90 Å². The molecule has 3 aliphatic rings. The van der Waals surface area contributed by atoms with Gasteiger partial charge in [0.15, 0.2) is 6.04 Å². The average Bonchev–Trinajstić information content (AvgIpc) is 3.15. The van der Waals surface area contributed by atoms with Crippen LogP contribution in [0.5, 0.6) is 0 Å². The van der Waals surface area contributed by atoms with E-state index in [2.05, 4.69) is 73.0 Å². The van der Waals surface area contributed by atoms with Gasteiger partial charge in [0.05, 0.1) is 6.61 Å². The van der Waals surface area contributed by atoms with Gasteiger partial charge in [0.1, 0.15) is 17.8 Å². The monoisotopic (exact) mass is 462 g/mol. The summed E-state index contributed by atoms with van der Waals surface area (Å²) in [5.41, 5.74) is 6.40. The molecule has 2 aliphatic heterocycles. The van der Waals surface area contributed by atoms with Crippen LogP contribution in [0.25, 0.3) is 0 Å². The Morgan fingerprint density at radius 1 is 1.09 bits per heavy atom. The van der Waals surface area contributed by atoms with Crippen molar-refractivity contribution >= 4 is 12.0 Å². The van der Waals surface area contributed by atoms with Gasteiger partial charge in [0.2, 0.25) is 6.34 Å². The van der Waals surface area contributed by atoms with Gasteiger partial charge >= 0.3 is 0 Å². The Bertz CT molecular complexity index is 1040. The lowest BCUT2D eigenvalue weighted by atomic mass is 9.97. The van der Waals surface area contributed by atoms with E-state index in [1.54, 1.807) is 0 Å². The number of aryl methyl sites for hydroxylation is 3. The first-order valence-electron chi connectivity index (χ1n) is 10.4. The Morgan fingerprint density at radius 3 is 2.31 bits per heavy atom. The lowest BCUT2D eigenvalue weighted by Crippen LogP contribution is -2.68. The average molecular weight is 463 g/mol. The van der Waals surface area contributed by atoms with Crippen LogP contribution in [0.2, 0.25) is 0 Å². The highest BCUT2D eigenvalue weighted by Gasteiger charge is 2.59. The molecule has 0 aromatic heterocycles. The van der Waals surface area contributed by atoms with E-state index in [1.807, 2.05) is 6.92 Å². The standard InChI is InChI=1S/C23H27N2O2.ClHO4/c1-14-9-15(2)21(16(3)10-14)25-13-24-20(23(25,4)26)12-27-19-11-17-7-5-6-8-18(17)22(19)24;2-1(3,4)5/h5-10,13,19-20,22,26H,11-12H2,1-4H3;(H,2,3,4,5)/q+1;/p-1/t19-,20?,22+,23?;/m0./s1. The Kier molecular flexibility index (Phi) is 5.83. The number of hydrogen-bond donors (Lipinski definition) is 1. The zero-order chi connectivity index (χ0) is 23.4. The van der Waals surface area contributed by atoms with E-state index >= 15 is 0 Å². The smallest absolute Gasteiger partial charge is 0.250 e. The largest absolute Gasteiger partial charge is 0.368 e. The maximum atomic E-state index is 11.6. The molecule has 2 heterocycles. The topological polar surface area (TPSA) is 128 Å². The van der Waals surface area contributed by atoms with Crippen molar-refractivity contribution < 1.29 is 43.3 Å². The summed E-state index contributed by atoms with van der Waals surface area (Å²) in [6, 6.07) is 13.1. The summed E-state index contributed by atoms with van der Waals surface area (Å²) >= 11 is 0. The van der Waals surface area contributed by atoms with Crippen LogP contribution >= 0.6 is 0 Å². The van der Waals surface area contributed by atoms with Gasteiger partial charge in [-0.15, -0.1) is 10.2 Å². The Balaban J connectivity index is 0.000000444. The lowest BCUT2D eigenvalue weighted by molar-refractivity contribution is -2.00.